The van der Waals surface area contributed by atoms with Crippen LogP contribution >= 0.6 is 0 Å². The number of benzene rings is 1. The van der Waals surface area contributed by atoms with Crippen LogP contribution in [0.1, 0.15) is 37.6 Å². The smallest absolute Gasteiger partial charge is 0.412 e. The number of amides is 2. The third-order valence-electron chi connectivity index (χ3n) is 4.30. The van der Waals surface area contributed by atoms with Crippen LogP contribution in [0.4, 0.5) is 10.5 Å². The van der Waals surface area contributed by atoms with E-state index in [2.05, 4.69) is 27.5 Å². The predicted octanol–water partition coefficient (Wildman–Crippen LogP) is 2.40. The van der Waals surface area contributed by atoms with E-state index in [0.717, 1.165) is 39.1 Å². The number of hydrogen-bond donors (Lipinski definition) is 2. The summed E-state index contributed by atoms with van der Waals surface area (Å²) in [6.45, 7) is 11.4. The summed E-state index contributed by atoms with van der Waals surface area (Å²) in [5.74, 6) is -0.138. The van der Waals surface area contributed by atoms with Crippen LogP contribution < -0.4 is 10.6 Å². The summed E-state index contributed by atoms with van der Waals surface area (Å²) in [5, 5.41) is 5.60. The normalized spacial score (nSPS) is 16.0. The number of piperazine rings is 1. The Morgan fingerprint density at radius 3 is 2.52 bits per heavy atom. The molecule has 150 valence electrons. The Balaban J connectivity index is 1.75. The lowest BCUT2D eigenvalue weighted by Crippen LogP contribution is -2.45. The van der Waals surface area contributed by atoms with Gasteiger partial charge in [0.15, 0.2) is 0 Å². The van der Waals surface area contributed by atoms with Gasteiger partial charge < -0.3 is 19.9 Å². The minimum atomic E-state index is -0.567. The molecule has 0 atom stereocenters. The van der Waals surface area contributed by atoms with Crippen LogP contribution in [-0.2, 0) is 4.74 Å². The van der Waals surface area contributed by atoms with E-state index < -0.39 is 11.7 Å². The highest BCUT2D eigenvalue weighted by atomic mass is 16.6. The van der Waals surface area contributed by atoms with Crippen molar-refractivity contribution in [1.82, 2.24) is 15.1 Å². The van der Waals surface area contributed by atoms with Crippen LogP contribution in [0.5, 0.6) is 0 Å². The van der Waals surface area contributed by atoms with Gasteiger partial charge in [0.05, 0.1) is 0 Å². The molecule has 1 saturated heterocycles. The van der Waals surface area contributed by atoms with Gasteiger partial charge in [-0.3, -0.25) is 10.1 Å². The van der Waals surface area contributed by atoms with Crippen molar-refractivity contribution < 1.29 is 14.3 Å². The number of nitrogens with one attached hydrogen (secondary N) is 2. The van der Waals surface area contributed by atoms with Crippen molar-refractivity contribution in [2.24, 2.45) is 0 Å². The Morgan fingerprint density at radius 2 is 1.85 bits per heavy atom. The minimum absolute atomic E-state index is 0.138. The summed E-state index contributed by atoms with van der Waals surface area (Å²) in [4.78, 5) is 28.9. The van der Waals surface area contributed by atoms with Crippen molar-refractivity contribution in [3.05, 3.63) is 29.8 Å². The molecule has 0 bridgehead atoms. The second-order valence-electron chi connectivity index (χ2n) is 7.96. The third-order valence-corrected chi connectivity index (χ3v) is 4.30. The summed E-state index contributed by atoms with van der Waals surface area (Å²) in [5.41, 5.74) is 0.487. The Hall–Kier alpha value is -2.12. The molecule has 2 amide bonds. The standard InChI is InChI=1S/C20H32N4O3/c1-20(2,3)27-19(26)22-17-8-5-7-16(15-17)18(25)21-9-6-10-24-13-11-23(4)12-14-24/h5,7-8,15H,6,9-14H2,1-4H3,(H,21,25)(H,22,26). The average molecular weight is 377 g/mol. The summed E-state index contributed by atoms with van der Waals surface area (Å²) < 4.78 is 5.23. The summed E-state index contributed by atoms with van der Waals surface area (Å²) >= 11 is 0. The van der Waals surface area contributed by atoms with E-state index in [-0.39, 0.29) is 5.91 Å². The van der Waals surface area contributed by atoms with Crippen molar-refractivity contribution in [2.45, 2.75) is 32.8 Å². The number of rotatable bonds is 6. The first-order valence-electron chi connectivity index (χ1n) is 9.52. The number of carbonyl (C=O) groups is 2. The van der Waals surface area contributed by atoms with Crippen LogP contribution in [0.3, 0.4) is 0 Å². The quantitative estimate of drug-likeness (QED) is 0.746. The highest BCUT2D eigenvalue weighted by Gasteiger charge is 2.17. The predicted molar refractivity (Wildman–Crippen MR) is 107 cm³/mol. The maximum Gasteiger partial charge on any atom is 0.412 e. The third kappa shape index (κ3) is 7.97. The molecule has 1 aliphatic heterocycles. The Labute approximate surface area is 162 Å². The summed E-state index contributed by atoms with van der Waals surface area (Å²) in [7, 11) is 2.14. The Kier molecular flexibility index (Phi) is 7.62. The van der Waals surface area contributed by atoms with Gasteiger partial charge in [-0.15, -0.1) is 0 Å². The molecule has 1 aromatic rings. The molecule has 27 heavy (non-hydrogen) atoms. The van der Waals surface area contributed by atoms with Crippen LogP contribution in [0.2, 0.25) is 0 Å². The van der Waals surface area contributed by atoms with Crippen molar-refractivity contribution in [2.75, 3.05) is 51.6 Å². The van der Waals surface area contributed by atoms with Gasteiger partial charge in [-0.25, -0.2) is 4.79 Å². The lowest BCUT2D eigenvalue weighted by Gasteiger charge is -2.32. The van der Waals surface area contributed by atoms with Gasteiger partial charge in [-0.05, 0) is 59.0 Å². The first kappa shape index (κ1) is 21.2. The molecule has 0 saturated carbocycles. The molecule has 7 nitrogen and oxygen atoms in total. The summed E-state index contributed by atoms with van der Waals surface area (Å²) in [6, 6.07) is 6.86. The van der Waals surface area contributed by atoms with Gasteiger partial charge in [0.1, 0.15) is 5.60 Å². The molecule has 1 fully saturated rings. The lowest BCUT2D eigenvalue weighted by molar-refractivity contribution is 0.0635. The zero-order valence-corrected chi connectivity index (χ0v) is 16.9. The zero-order valence-electron chi connectivity index (χ0n) is 16.9. The molecule has 0 unspecified atom stereocenters. The fourth-order valence-corrected chi connectivity index (χ4v) is 2.84. The van der Waals surface area contributed by atoms with Crippen LogP contribution in [0.15, 0.2) is 24.3 Å². The van der Waals surface area contributed by atoms with Crippen molar-refractivity contribution in [3.63, 3.8) is 0 Å². The molecule has 1 heterocycles. The molecule has 2 N–H and O–H groups in total. The van der Waals surface area contributed by atoms with Crippen molar-refractivity contribution in [1.29, 1.82) is 0 Å². The highest BCUT2D eigenvalue weighted by molar-refractivity contribution is 5.96. The second kappa shape index (κ2) is 9.71. The van der Waals surface area contributed by atoms with Crippen LogP contribution in [-0.4, -0.2) is 73.7 Å². The SMILES string of the molecule is CN1CCN(CCCNC(=O)c2cccc(NC(=O)OC(C)(C)C)c2)CC1. The number of anilines is 1. The highest BCUT2D eigenvalue weighted by Crippen LogP contribution is 2.13. The summed E-state index contributed by atoms with van der Waals surface area (Å²) in [6.07, 6.45) is 0.387. The number of nitrogens with zero attached hydrogens (tertiary/aromatic N) is 2. The maximum absolute atomic E-state index is 12.3. The van der Waals surface area contributed by atoms with E-state index in [1.54, 1.807) is 45.0 Å². The number of carbonyl (C=O) groups excluding carboxylic acids is 2. The number of ether oxygens (including phenoxy) is 1. The molecule has 0 spiro atoms. The fraction of sp³-hybridized carbons (Fsp3) is 0.600. The lowest BCUT2D eigenvalue weighted by atomic mass is 10.2. The van der Waals surface area contributed by atoms with Crippen LogP contribution in [0, 0.1) is 0 Å². The molecule has 2 rings (SSSR count). The minimum Gasteiger partial charge on any atom is -0.444 e. The first-order chi connectivity index (χ1) is 12.7. The first-order valence-corrected chi connectivity index (χ1v) is 9.52. The maximum atomic E-state index is 12.3. The fourth-order valence-electron chi connectivity index (χ4n) is 2.84. The van der Waals surface area contributed by atoms with E-state index in [9.17, 15) is 9.59 Å². The molecular formula is C20H32N4O3. The van der Waals surface area contributed by atoms with Crippen molar-refractivity contribution in [3.8, 4) is 0 Å². The van der Waals surface area contributed by atoms with Gasteiger partial charge in [-0.2, -0.15) is 0 Å². The van der Waals surface area contributed by atoms with Crippen molar-refractivity contribution >= 4 is 17.7 Å². The van der Waals surface area contributed by atoms with Gasteiger partial charge in [-0.1, -0.05) is 6.07 Å². The molecule has 1 aromatic carbocycles. The van der Waals surface area contributed by atoms with Gasteiger partial charge in [0.2, 0.25) is 0 Å². The molecule has 7 heteroatoms. The average Bonchev–Trinajstić information content (AvgIpc) is 2.58. The molecule has 0 aliphatic carbocycles. The Bertz CT molecular complexity index is 634. The van der Waals surface area contributed by atoms with Gasteiger partial charge in [0, 0.05) is 44.0 Å². The van der Waals surface area contributed by atoms with E-state index in [0.29, 0.717) is 17.8 Å². The van der Waals surface area contributed by atoms with E-state index in [4.69, 9.17) is 4.74 Å². The number of likely N-dealkylation sites (N-methyl/N-ethyl adjacent to an activating group) is 1. The van der Waals surface area contributed by atoms with E-state index in [1.165, 1.54) is 0 Å². The largest absolute Gasteiger partial charge is 0.444 e. The second-order valence-corrected chi connectivity index (χ2v) is 7.96. The topological polar surface area (TPSA) is 73.9 Å². The van der Waals surface area contributed by atoms with Crippen LogP contribution in [0.25, 0.3) is 0 Å². The zero-order chi connectivity index (χ0) is 19.9. The van der Waals surface area contributed by atoms with E-state index in [1.807, 2.05) is 0 Å². The van der Waals surface area contributed by atoms with Gasteiger partial charge >= 0.3 is 6.09 Å². The number of hydrogen-bond acceptors (Lipinski definition) is 5. The molecule has 0 radical (unpaired) electrons. The van der Waals surface area contributed by atoms with E-state index >= 15 is 0 Å². The molecular weight excluding hydrogens is 344 g/mol. The van der Waals surface area contributed by atoms with Gasteiger partial charge in [0.25, 0.3) is 5.91 Å². The molecule has 1 aliphatic rings. The Morgan fingerprint density at radius 1 is 1.15 bits per heavy atom. The monoisotopic (exact) mass is 376 g/mol. The molecule has 0 aromatic heterocycles.